The molecular weight excluding hydrogens is 456 g/mol. The second-order valence-corrected chi connectivity index (χ2v) is 7.03. The molecule has 3 aromatic rings. The van der Waals surface area contributed by atoms with Crippen molar-refractivity contribution in [3.63, 3.8) is 0 Å². The lowest BCUT2D eigenvalue weighted by Gasteiger charge is -2.19. The lowest BCUT2D eigenvalue weighted by atomic mass is 10.0. The van der Waals surface area contributed by atoms with E-state index in [0.29, 0.717) is 11.3 Å². The molecule has 0 aliphatic rings. The highest BCUT2D eigenvalue weighted by molar-refractivity contribution is 9.10. The summed E-state index contributed by atoms with van der Waals surface area (Å²) in [6.07, 6.45) is -2.80. The van der Waals surface area contributed by atoms with Crippen LogP contribution >= 0.6 is 15.9 Å². The van der Waals surface area contributed by atoms with E-state index in [1.165, 1.54) is 12.1 Å². The standard InChI is InChI=1S/C19H15BrF4N4O/c20-17-10-16(19(22,23)24)27-28(17)11-18(29)26-15(14-6-1-2-7-25-14)9-12-4-3-5-13(21)8-12/h1-8,10,15H,9,11H2,(H,26,29). The molecule has 2 heterocycles. The molecule has 0 spiro atoms. The number of pyridine rings is 1. The first-order valence-electron chi connectivity index (χ1n) is 8.47. The third-order valence-corrected chi connectivity index (χ3v) is 4.66. The van der Waals surface area contributed by atoms with Gasteiger partial charge in [-0.25, -0.2) is 9.07 Å². The van der Waals surface area contributed by atoms with Crippen molar-refractivity contribution >= 4 is 21.8 Å². The second-order valence-electron chi connectivity index (χ2n) is 6.22. The van der Waals surface area contributed by atoms with Crippen LogP contribution < -0.4 is 5.32 Å². The van der Waals surface area contributed by atoms with Gasteiger partial charge >= 0.3 is 6.18 Å². The number of nitrogens with zero attached hydrogens (tertiary/aromatic N) is 3. The van der Waals surface area contributed by atoms with Crippen molar-refractivity contribution in [1.82, 2.24) is 20.1 Å². The number of alkyl halides is 3. The molecule has 3 rings (SSSR count). The number of carbonyl (C=O) groups excluding carboxylic acids is 1. The molecule has 1 amide bonds. The third-order valence-electron chi connectivity index (χ3n) is 4.02. The Hall–Kier alpha value is -2.75. The smallest absolute Gasteiger partial charge is 0.346 e. The predicted octanol–water partition coefficient (Wildman–Crippen LogP) is 4.30. The molecule has 152 valence electrons. The molecule has 10 heteroatoms. The fourth-order valence-electron chi connectivity index (χ4n) is 2.73. The fraction of sp³-hybridized carbons (Fsp3) is 0.211. The molecular formula is C19H15BrF4N4O. The van der Waals surface area contributed by atoms with Crippen LogP contribution in [0.2, 0.25) is 0 Å². The summed E-state index contributed by atoms with van der Waals surface area (Å²) in [5, 5.41) is 6.15. The van der Waals surface area contributed by atoms with Gasteiger partial charge in [0.15, 0.2) is 5.69 Å². The Balaban J connectivity index is 1.77. The van der Waals surface area contributed by atoms with E-state index in [0.717, 1.165) is 10.7 Å². The van der Waals surface area contributed by atoms with Crippen LogP contribution in [0.4, 0.5) is 17.6 Å². The van der Waals surface area contributed by atoms with Crippen molar-refractivity contribution in [2.24, 2.45) is 0 Å². The minimum atomic E-state index is -4.61. The molecule has 0 radical (unpaired) electrons. The number of amides is 1. The van der Waals surface area contributed by atoms with Gasteiger partial charge in [0.2, 0.25) is 5.91 Å². The van der Waals surface area contributed by atoms with Crippen LogP contribution in [0.3, 0.4) is 0 Å². The highest BCUT2D eigenvalue weighted by atomic mass is 79.9. The molecule has 2 aromatic heterocycles. The van der Waals surface area contributed by atoms with Gasteiger partial charge in [0.25, 0.3) is 0 Å². The van der Waals surface area contributed by atoms with Crippen LogP contribution in [0.25, 0.3) is 0 Å². The summed E-state index contributed by atoms with van der Waals surface area (Å²) < 4.78 is 52.8. The van der Waals surface area contributed by atoms with Crippen molar-refractivity contribution in [2.45, 2.75) is 25.2 Å². The zero-order valence-corrected chi connectivity index (χ0v) is 16.4. The summed E-state index contributed by atoms with van der Waals surface area (Å²) in [6.45, 7) is -0.427. The lowest BCUT2D eigenvalue weighted by molar-refractivity contribution is -0.141. The van der Waals surface area contributed by atoms with E-state index in [1.807, 2.05) is 0 Å². The highest BCUT2D eigenvalue weighted by Crippen LogP contribution is 2.30. The molecule has 29 heavy (non-hydrogen) atoms. The van der Waals surface area contributed by atoms with Crippen molar-refractivity contribution in [3.05, 3.63) is 82.1 Å². The number of carbonyl (C=O) groups is 1. The number of hydrogen-bond donors (Lipinski definition) is 1. The van der Waals surface area contributed by atoms with E-state index in [9.17, 15) is 22.4 Å². The summed E-state index contributed by atoms with van der Waals surface area (Å²) in [5.74, 6) is -0.969. The predicted molar refractivity (Wildman–Crippen MR) is 100 cm³/mol. The van der Waals surface area contributed by atoms with Crippen LogP contribution in [-0.4, -0.2) is 20.7 Å². The maximum atomic E-state index is 13.5. The quantitative estimate of drug-likeness (QED) is 0.546. The number of rotatable bonds is 6. The molecule has 0 bridgehead atoms. The lowest BCUT2D eigenvalue weighted by Crippen LogP contribution is -2.33. The van der Waals surface area contributed by atoms with Crippen molar-refractivity contribution in [2.75, 3.05) is 0 Å². The molecule has 0 saturated carbocycles. The van der Waals surface area contributed by atoms with Gasteiger partial charge in [0.1, 0.15) is 17.0 Å². The van der Waals surface area contributed by atoms with E-state index in [2.05, 4.69) is 31.3 Å². The van der Waals surface area contributed by atoms with Crippen LogP contribution in [0, 0.1) is 5.82 Å². The fourth-order valence-corrected chi connectivity index (χ4v) is 3.15. The van der Waals surface area contributed by atoms with E-state index in [4.69, 9.17) is 0 Å². The molecule has 1 atom stereocenters. The normalized spacial score (nSPS) is 12.6. The summed E-state index contributed by atoms with van der Waals surface area (Å²) in [4.78, 5) is 16.7. The van der Waals surface area contributed by atoms with E-state index in [1.54, 1.807) is 36.5 Å². The van der Waals surface area contributed by atoms with Gasteiger partial charge in [-0.05, 0) is 52.2 Å². The van der Waals surface area contributed by atoms with Gasteiger partial charge in [-0.1, -0.05) is 18.2 Å². The zero-order chi connectivity index (χ0) is 21.0. The Labute approximate surface area is 171 Å². The molecule has 0 fully saturated rings. The Morgan fingerprint density at radius 3 is 2.59 bits per heavy atom. The summed E-state index contributed by atoms with van der Waals surface area (Å²) >= 11 is 2.98. The molecule has 1 aromatic carbocycles. The van der Waals surface area contributed by atoms with Crippen molar-refractivity contribution < 1.29 is 22.4 Å². The molecule has 1 N–H and O–H groups in total. The minimum Gasteiger partial charge on any atom is -0.346 e. The molecule has 0 aliphatic carbocycles. The molecule has 1 unspecified atom stereocenters. The largest absolute Gasteiger partial charge is 0.435 e. The third kappa shape index (κ3) is 5.63. The first-order chi connectivity index (χ1) is 13.7. The molecule has 0 saturated heterocycles. The summed E-state index contributed by atoms with van der Waals surface area (Å²) in [7, 11) is 0. The number of halogens is 5. The van der Waals surface area contributed by atoms with E-state index in [-0.39, 0.29) is 11.0 Å². The van der Waals surface area contributed by atoms with Crippen LogP contribution in [0.1, 0.15) is 23.0 Å². The van der Waals surface area contributed by atoms with E-state index >= 15 is 0 Å². The number of nitrogens with one attached hydrogen (secondary N) is 1. The van der Waals surface area contributed by atoms with E-state index < -0.39 is 36.2 Å². The van der Waals surface area contributed by atoms with Crippen molar-refractivity contribution in [1.29, 1.82) is 0 Å². The average Bonchev–Trinajstić information content (AvgIpc) is 3.03. The first kappa shape index (κ1) is 21.0. The van der Waals surface area contributed by atoms with Gasteiger partial charge in [0.05, 0.1) is 11.7 Å². The van der Waals surface area contributed by atoms with Crippen molar-refractivity contribution in [3.8, 4) is 0 Å². The SMILES string of the molecule is O=C(Cn1nc(C(F)(F)F)cc1Br)NC(Cc1cccc(F)c1)c1ccccn1. The number of hydrogen-bond acceptors (Lipinski definition) is 3. The van der Waals surface area contributed by atoms with Crippen LogP contribution in [0.5, 0.6) is 0 Å². The average molecular weight is 471 g/mol. The number of aromatic nitrogens is 3. The van der Waals surface area contributed by atoms with Gasteiger partial charge in [0, 0.05) is 12.3 Å². The molecule has 0 aliphatic heterocycles. The zero-order valence-electron chi connectivity index (χ0n) is 14.8. The maximum absolute atomic E-state index is 13.5. The van der Waals surface area contributed by atoms with Crippen LogP contribution in [0.15, 0.2) is 59.3 Å². The highest BCUT2D eigenvalue weighted by Gasteiger charge is 2.35. The monoisotopic (exact) mass is 470 g/mol. The summed E-state index contributed by atoms with van der Waals surface area (Å²) in [5.41, 5.74) is 0.0828. The maximum Gasteiger partial charge on any atom is 0.435 e. The Morgan fingerprint density at radius 1 is 1.17 bits per heavy atom. The van der Waals surface area contributed by atoms with Gasteiger partial charge < -0.3 is 5.32 Å². The van der Waals surface area contributed by atoms with Gasteiger partial charge in [-0.15, -0.1) is 0 Å². The van der Waals surface area contributed by atoms with Gasteiger partial charge in [-0.2, -0.15) is 18.3 Å². The Kier molecular flexibility index (Phi) is 6.31. The first-order valence-corrected chi connectivity index (χ1v) is 9.27. The Bertz CT molecular complexity index is 991. The van der Waals surface area contributed by atoms with Gasteiger partial charge in [-0.3, -0.25) is 9.78 Å². The minimum absolute atomic E-state index is 0.0273. The topological polar surface area (TPSA) is 59.8 Å². The Morgan fingerprint density at radius 2 is 1.97 bits per heavy atom. The van der Waals surface area contributed by atoms with Crippen LogP contribution in [-0.2, 0) is 23.9 Å². The second kappa shape index (κ2) is 8.73. The summed E-state index contributed by atoms with van der Waals surface area (Å²) in [6, 6.07) is 11.3. The molecule has 5 nitrogen and oxygen atoms in total. The number of benzene rings is 1.